The fraction of sp³-hybridized carbons (Fsp3) is 0.391. The number of nitro benzene ring substituents is 1. The van der Waals surface area contributed by atoms with Gasteiger partial charge in [0.05, 0.1) is 10.5 Å². The predicted octanol–water partition coefficient (Wildman–Crippen LogP) is 4.43. The molecule has 0 spiro atoms. The first-order valence-electron chi connectivity index (χ1n) is 10.2. The summed E-state index contributed by atoms with van der Waals surface area (Å²) in [6.45, 7) is 5.23. The Morgan fingerprint density at radius 2 is 1.87 bits per heavy atom. The molecular formula is C23H26N2O5. The molecule has 2 aromatic carbocycles. The van der Waals surface area contributed by atoms with Crippen LogP contribution < -0.4 is 4.90 Å². The highest BCUT2D eigenvalue weighted by molar-refractivity contribution is 5.99. The van der Waals surface area contributed by atoms with E-state index in [1.807, 2.05) is 24.0 Å². The van der Waals surface area contributed by atoms with Crippen LogP contribution >= 0.6 is 0 Å². The molecule has 158 valence electrons. The van der Waals surface area contributed by atoms with Crippen molar-refractivity contribution in [2.45, 2.75) is 33.1 Å². The Hall–Kier alpha value is -3.22. The summed E-state index contributed by atoms with van der Waals surface area (Å²) < 4.78 is 5.11. The number of nitrogens with zero attached hydrogens (tertiary/aromatic N) is 2. The summed E-state index contributed by atoms with van der Waals surface area (Å²) in [5.74, 6) is -0.616. The van der Waals surface area contributed by atoms with Crippen molar-refractivity contribution in [3.63, 3.8) is 0 Å². The van der Waals surface area contributed by atoms with Crippen LogP contribution in [-0.2, 0) is 11.2 Å². The van der Waals surface area contributed by atoms with Gasteiger partial charge in [0.25, 0.3) is 5.69 Å². The van der Waals surface area contributed by atoms with Gasteiger partial charge < -0.3 is 9.64 Å². The number of anilines is 1. The molecule has 0 aromatic heterocycles. The van der Waals surface area contributed by atoms with Crippen molar-refractivity contribution in [1.82, 2.24) is 0 Å². The lowest BCUT2D eigenvalue weighted by molar-refractivity contribution is -0.384. The number of aryl methyl sites for hydroxylation is 1. The number of nitro groups is 1. The Balaban J connectivity index is 1.70. The zero-order valence-corrected chi connectivity index (χ0v) is 17.3. The minimum atomic E-state index is -0.754. The zero-order valence-electron chi connectivity index (χ0n) is 17.3. The summed E-state index contributed by atoms with van der Waals surface area (Å²) in [6.07, 6.45) is 2.95. The smallest absolute Gasteiger partial charge is 0.338 e. The highest BCUT2D eigenvalue weighted by atomic mass is 16.6. The van der Waals surface area contributed by atoms with Crippen molar-refractivity contribution in [3.05, 3.63) is 69.3 Å². The first kappa shape index (κ1) is 21.5. The third-order valence-corrected chi connectivity index (χ3v) is 5.42. The summed E-state index contributed by atoms with van der Waals surface area (Å²) in [5, 5.41) is 11.6. The number of hydrogen-bond acceptors (Lipinski definition) is 6. The molecule has 0 saturated carbocycles. The van der Waals surface area contributed by atoms with E-state index in [4.69, 9.17) is 4.74 Å². The minimum Gasteiger partial charge on any atom is -0.454 e. The van der Waals surface area contributed by atoms with E-state index < -0.39 is 17.5 Å². The summed E-state index contributed by atoms with van der Waals surface area (Å²) in [7, 11) is 0. The van der Waals surface area contributed by atoms with Crippen LogP contribution in [0.3, 0.4) is 0 Å². The second kappa shape index (κ2) is 9.52. The molecule has 0 N–H and O–H groups in total. The molecule has 0 bridgehead atoms. The van der Waals surface area contributed by atoms with Crippen molar-refractivity contribution in [2.24, 2.45) is 5.92 Å². The number of ether oxygens (including phenoxy) is 1. The molecule has 7 nitrogen and oxygen atoms in total. The van der Waals surface area contributed by atoms with Crippen LogP contribution in [0.25, 0.3) is 0 Å². The van der Waals surface area contributed by atoms with E-state index in [1.165, 1.54) is 12.1 Å². The van der Waals surface area contributed by atoms with Crippen LogP contribution in [0.15, 0.2) is 42.5 Å². The van der Waals surface area contributed by atoms with Crippen LogP contribution in [0.5, 0.6) is 0 Å². The molecule has 0 unspecified atom stereocenters. The number of hydrogen-bond donors (Lipinski definition) is 0. The van der Waals surface area contributed by atoms with E-state index >= 15 is 0 Å². The second-order valence-electron chi connectivity index (χ2n) is 7.70. The van der Waals surface area contributed by atoms with Crippen molar-refractivity contribution in [2.75, 3.05) is 24.6 Å². The number of ketones is 1. The van der Waals surface area contributed by atoms with Gasteiger partial charge in [-0.2, -0.15) is 0 Å². The lowest BCUT2D eigenvalue weighted by Gasteiger charge is -2.32. The Kier molecular flexibility index (Phi) is 6.82. The molecule has 3 rings (SSSR count). The molecule has 1 saturated heterocycles. The lowest BCUT2D eigenvalue weighted by atomic mass is 9.99. The average molecular weight is 410 g/mol. The number of esters is 1. The van der Waals surface area contributed by atoms with Gasteiger partial charge in [0.15, 0.2) is 12.4 Å². The van der Waals surface area contributed by atoms with Crippen molar-refractivity contribution < 1.29 is 19.2 Å². The fourth-order valence-electron chi connectivity index (χ4n) is 3.70. The van der Waals surface area contributed by atoms with Crippen molar-refractivity contribution in [3.8, 4) is 0 Å². The maximum absolute atomic E-state index is 12.4. The van der Waals surface area contributed by atoms with Crippen LogP contribution in [-0.4, -0.2) is 36.4 Å². The Labute approximate surface area is 175 Å². The van der Waals surface area contributed by atoms with Crippen LogP contribution in [0.4, 0.5) is 11.4 Å². The maximum Gasteiger partial charge on any atom is 0.338 e. The third kappa shape index (κ3) is 5.03. The van der Waals surface area contributed by atoms with Crippen LogP contribution in [0, 0.1) is 16.0 Å². The van der Waals surface area contributed by atoms with Gasteiger partial charge in [0.2, 0.25) is 0 Å². The van der Waals surface area contributed by atoms with E-state index in [1.54, 1.807) is 18.2 Å². The van der Waals surface area contributed by atoms with Gasteiger partial charge >= 0.3 is 5.97 Å². The monoisotopic (exact) mass is 410 g/mol. The van der Waals surface area contributed by atoms with Gasteiger partial charge in [-0.25, -0.2) is 4.79 Å². The number of piperidine rings is 1. The lowest BCUT2D eigenvalue weighted by Crippen LogP contribution is -2.34. The molecule has 7 heteroatoms. The summed E-state index contributed by atoms with van der Waals surface area (Å²) in [6, 6.07) is 11.5. The van der Waals surface area contributed by atoms with Crippen molar-refractivity contribution >= 4 is 23.1 Å². The van der Waals surface area contributed by atoms with Crippen LogP contribution in [0.2, 0.25) is 0 Å². The Morgan fingerprint density at radius 3 is 2.50 bits per heavy atom. The molecule has 1 atom stereocenters. The topological polar surface area (TPSA) is 89.8 Å². The van der Waals surface area contributed by atoms with E-state index in [-0.39, 0.29) is 17.0 Å². The maximum atomic E-state index is 12.4. The number of rotatable bonds is 7. The number of benzene rings is 2. The molecule has 2 aromatic rings. The molecular weight excluding hydrogens is 384 g/mol. The van der Waals surface area contributed by atoms with Crippen LogP contribution in [0.1, 0.15) is 53.0 Å². The second-order valence-corrected chi connectivity index (χ2v) is 7.70. The van der Waals surface area contributed by atoms with Gasteiger partial charge in [-0.3, -0.25) is 14.9 Å². The molecule has 0 amide bonds. The number of carbonyl (C=O) groups is 2. The van der Waals surface area contributed by atoms with Gasteiger partial charge in [-0.1, -0.05) is 38.1 Å². The highest BCUT2D eigenvalue weighted by Crippen LogP contribution is 2.32. The first-order chi connectivity index (χ1) is 14.4. The normalized spacial score (nSPS) is 16.2. The first-order valence-corrected chi connectivity index (χ1v) is 10.2. The quantitative estimate of drug-likeness (QED) is 0.290. The third-order valence-electron chi connectivity index (χ3n) is 5.42. The largest absolute Gasteiger partial charge is 0.454 e. The SMILES string of the molecule is CCc1ccc(C(=O)COC(=O)c2ccc(N3CCC[C@@H](C)C3)c([N+](=O)[O-])c2)cc1. The zero-order chi connectivity index (χ0) is 21.7. The van der Waals surface area contributed by atoms with Gasteiger partial charge in [-0.15, -0.1) is 0 Å². The van der Waals surface area contributed by atoms with Gasteiger partial charge in [-0.05, 0) is 42.9 Å². The van der Waals surface area contributed by atoms with Crippen molar-refractivity contribution in [1.29, 1.82) is 0 Å². The molecule has 1 aliphatic rings. The molecule has 0 aliphatic carbocycles. The van der Waals surface area contributed by atoms with E-state index in [2.05, 4.69) is 6.92 Å². The highest BCUT2D eigenvalue weighted by Gasteiger charge is 2.25. The summed E-state index contributed by atoms with van der Waals surface area (Å²) >= 11 is 0. The van der Waals surface area contributed by atoms with Gasteiger partial charge in [0, 0.05) is 24.7 Å². The Bertz CT molecular complexity index is 939. The van der Waals surface area contributed by atoms with E-state index in [0.717, 1.165) is 37.9 Å². The molecule has 0 radical (unpaired) electrons. The van der Waals surface area contributed by atoms with Gasteiger partial charge in [0.1, 0.15) is 5.69 Å². The van der Waals surface area contributed by atoms with E-state index in [0.29, 0.717) is 17.2 Å². The molecule has 1 fully saturated rings. The van der Waals surface area contributed by atoms with E-state index in [9.17, 15) is 19.7 Å². The fourth-order valence-corrected chi connectivity index (χ4v) is 3.70. The average Bonchev–Trinajstić information content (AvgIpc) is 2.76. The Morgan fingerprint density at radius 1 is 1.17 bits per heavy atom. The molecule has 30 heavy (non-hydrogen) atoms. The molecule has 1 heterocycles. The standard InChI is InChI=1S/C23H26N2O5/c1-3-17-6-8-18(9-7-17)22(26)15-30-23(27)19-10-11-20(21(13-19)25(28)29)24-12-4-5-16(2)14-24/h6-11,13,16H,3-5,12,14-15H2,1-2H3/t16-/m1/s1. The number of Topliss-reactive ketones (excluding diaryl/α,β-unsaturated/α-hetero) is 1. The summed E-state index contributed by atoms with van der Waals surface area (Å²) in [4.78, 5) is 37.7. The predicted molar refractivity (Wildman–Crippen MR) is 114 cm³/mol. The number of carbonyl (C=O) groups excluding carboxylic acids is 2. The minimum absolute atomic E-state index is 0.0599. The molecule has 1 aliphatic heterocycles. The summed E-state index contributed by atoms with van der Waals surface area (Å²) in [5.41, 5.74) is 2.01.